The molecule has 0 radical (unpaired) electrons. The van der Waals surface area contributed by atoms with Crippen molar-refractivity contribution in [1.82, 2.24) is 10.2 Å². The van der Waals surface area contributed by atoms with Gasteiger partial charge < -0.3 is 15.0 Å². The Morgan fingerprint density at radius 2 is 1.80 bits per heavy atom. The zero-order chi connectivity index (χ0) is 17.2. The quantitative estimate of drug-likeness (QED) is 0.858. The summed E-state index contributed by atoms with van der Waals surface area (Å²) < 4.78 is 5.35. The molecule has 1 N–H and O–H groups in total. The molecule has 2 amide bonds. The van der Waals surface area contributed by atoms with Crippen molar-refractivity contribution in [2.45, 2.75) is 31.9 Å². The highest BCUT2D eigenvalue weighted by Crippen LogP contribution is 2.44. The zero-order valence-corrected chi connectivity index (χ0v) is 14.3. The van der Waals surface area contributed by atoms with E-state index in [0.717, 1.165) is 37.9 Å². The minimum Gasteiger partial charge on any atom is -0.445 e. The summed E-state index contributed by atoms with van der Waals surface area (Å²) in [5.74, 6) is 0.545. The second-order valence-electron chi connectivity index (χ2n) is 7.24. The Labute approximate surface area is 148 Å². The average molecular weight is 340 g/mol. The van der Waals surface area contributed by atoms with Crippen LogP contribution < -0.4 is 5.32 Å². The Bertz CT molecular complexity index is 667. The lowest BCUT2D eigenvalue weighted by atomic mass is 9.87. The number of rotatable bonds is 4. The van der Waals surface area contributed by atoms with Gasteiger partial charge in [-0.2, -0.15) is 0 Å². The minimum absolute atomic E-state index is 0.141. The second-order valence-corrected chi connectivity index (χ2v) is 7.24. The molecule has 5 nitrogen and oxygen atoms in total. The maximum absolute atomic E-state index is 12.9. The highest BCUT2D eigenvalue weighted by molar-refractivity contribution is 5.82. The Hall–Kier alpha value is -2.30. The van der Waals surface area contributed by atoms with Crippen molar-refractivity contribution in [3.63, 3.8) is 0 Å². The molecule has 1 saturated carbocycles. The van der Waals surface area contributed by atoms with Crippen LogP contribution in [0, 0.1) is 17.8 Å². The number of nitrogens with zero attached hydrogens (tertiary/aromatic N) is 1. The number of carbonyl (C=O) groups is 2. The summed E-state index contributed by atoms with van der Waals surface area (Å²) in [4.78, 5) is 27.1. The summed E-state index contributed by atoms with van der Waals surface area (Å²) in [6.07, 6.45) is 6.97. The average Bonchev–Trinajstić information content (AvgIpc) is 3.37. The van der Waals surface area contributed by atoms with Crippen LogP contribution in [0.4, 0.5) is 4.79 Å². The predicted octanol–water partition coefficient (Wildman–Crippen LogP) is 2.73. The van der Waals surface area contributed by atoms with Crippen molar-refractivity contribution in [2.75, 3.05) is 13.1 Å². The Kier molecular flexibility index (Phi) is 4.47. The van der Waals surface area contributed by atoms with Gasteiger partial charge >= 0.3 is 6.09 Å². The number of amides is 2. The number of hydrogen-bond donors (Lipinski definition) is 1. The lowest BCUT2D eigenvalue weighted by Crippen LogP contribution is -2.49. The van der Waals surface area contributed by atoms with Crippen LogP contribution in [0.25, 0.3) is 0 Å². The lowest BCUT2D eigenvalue weighted by molar-refractivity contribution is -0.135. The lowest BCUT2D eigenvalue weighted by Gasteiger charge is -2.30. The van der Waals surface area contributed by atoms with Crippen molar-refractivity contribution in [3.8, 4) is 0 Å². The van der Waals surface area contributed by atoms with E-state index in [0.29, 0.717) is 0 Å². The molecule has 2 bridgehead atoms. The number of likely N-dealkylation sites (tertiary alicyclic amines) is 1. The van der Waals surface area contributed by atoms with E-state index < -0.39 is 6.09 Å². The Balaban J connectivity index is 1.38. The number of benzene rings is 1. The predicted molar refractivity (Wildman–Crippen MR) is 93.6 cm³/mol. The Morgan fingerprint density at radius 3 is 2.56 bits per heavy atom. The fourth-order valence-electron chi connectivity index (χ4n) is 4.40. The third-order valence-corrected chi connectivity index (χ3v) is 5.66. The molecule has 5 heteroatoms. The Morgan fingerprint density at radius 1 is 1.08 bits per heavy atom. The van der Waals surface area contributed by atoms with Crippen LogP contribution in [0.15, 0.2) is 42.5 Å². The molecule has 132 valence electrons. The molecule has 0 aromatic heterocycles. The SMILES string of the molecule is O=C(N[C@H]1[C@H](C(=O)N2CCCC2)[C@H]2C=C[C@H]1C2)OCc1ccccc1. The summed E-state index contributed by atoms with van der Waals surface area (Å²) in [5.41, 5.74) is 0.954. The molecule has 4 rings (SSSR count). The zero-order valence-electron chi connectivity index (χ0n) is 14.3. The van der Waals surface area contributed by atoms with Gasteiger partial charge in [0.1, 0.15) is 6.61 Å². The molecule has 2 fully saturated rings. The van der Waals surface area contributed by atoms with Gasteiger partial charge in [-0.25, -0.2) is 4.79 Å². The molecule has 4 atom stereocenters. The topological polar surface area (TPSA) is 58.6 Å². The molecule has 3 aliphatic rings. The molecular formula is C20H24N2O3. The van der Waals surface area contributed by atoms with Crippen molar-refractivity contribution in [2.24, 2.45) is 17.8 Å². The first-order valence-electron chi connectivity index (χ1n) is 9.17. The molecule has 1 heterocycles. The number of fused-ring (bicyclic) bond motifs is 2. The van der Waals surface area contributed by atoms with E-state index in [2.05, 4.69) is 17.5 Å². The maximum Gasteiger partial charge on any atom is 0.407 e. The van der Waals surface area contributed by atoms with E-state index in [1.807, 2.05) is 35.2 Å². The molecule has 1 aliphatic heterocycles. The van der Waals surface area contributed by atoms with Gasteiger partial charge in [-0.3, -0.25) is 4.79 Å². The molecule has 0 spiro atoms. The van der Waals surface area contributed by atoms with Crippen LogP contribution in [0.3, 0.4) is 0 Å². The van der Waals surface area contributed by atoms with Gasteiger partial charge in [-0.1, -0.05) is 42.5 Å². The fourth-order valence-corrected chi connectivity index (χ4v) is 4.40. The van der Waals surface area contributed by atoms with Crippen molar-refractivity contribution in [1.29, 1.82) is 0 Å². The van der Waals surface area contributed by atoms with Gasteiger partial charge in [0.2, 0.25) is 5.91 Å². The molecule has 1 aromatic carbocycles. The summed E-state index contributed by atoms with van der Waals surface area (Å²) in [6.45, 7) is 1.94. The smallest absolute Gasteiger partial charge is 0.407 e. The standard InChI is InChI=1S/C20H24N2O3/c23-19(22-10-4-5-11-22)17-15-8-9-16(12-15)18(17)21-20(24)25-13-14-6-2-1-3-7-14/h1-3,6-9,15-18H,4-5,10-13H2,(H,21,24)/t15-,16-,17+,18+/m0/s1. The molecule has 1 aromatic rings. The molecule has 0 unspecified atom stereocenters. The van der Waals surface area contributed by atoms with Gasteiger partial charge in [0.25, 0.3) is 0 Å². The van der Waals surface area contributed by atoms with E-state index in [4.69, 9.17) is 4.74 Å². The number of allylic oxidation sites excluding steroid dienone is 1. The van der Waals surface area contributed by atoms with E-state index in [1.165, 1.54) is 0 Å². The van der Waals surface area contributed by atoms with Gasteiger partial charge in [-0.15, -0.1) is 0 Å². The van der Waals surface area contributed by atoms with E-state index in [9.17, 15) is 9.59 Å². The summed E-state index contributed by atoms with van der Waals surface area (Å²) in [7, 11) is 0. The van der Waals surface area contributed by atoms with Crippen LogP contribution >= 0.6 is 0 Å². The van der Waals surface area contributed by atoms with Gasteiger partial charge in [0.05, 0.1) is 12.0 Å². The van der Waals surface area contributed by atoms with Crippen LogP contribution in [0.1, 0.15) is 24.8 Å². The maximum atomic E-state index is 12.9. The third kappa shape index (κ3) is 3.28. The number of carbonyl (C=O) groups excluding carboxylic acids is 2. The van der Waals surface area contributed by atoms with Crippen LogP contribution in [-0.4, -0.2) is 36.0 Å². The van der Waals surface area contributed by atoms with E-state index >= 15 is 0 Å². The second kappa shape index (κ2) is 6.90. The van der Waals surface area contributed by atoms with Crippen molar-refractivity contribution in [3.05, 3.63) is 48.0 Å². The van der Waals surface area contributed by atoms with E-state index in [-0.39, 0.29) is 36.3 Å². The number of alkyl carbamates (subject to hydrolysis) is 1. The first kappa shape index (κ1) is 16.2. The summed E-state index contributed by atoms with van der Waals surface area (Å²) in [5, 5.41) is 2.98. The van der Waals surface area contributed by atoms with Crippen LogP contribution in [-0.2, 0) is 16.1 Å². The normalized spacial score (nSPS) is 29.8. The first-order chi connectivity index (χ1) is 12.2. The van der Waals surface area contributed by atoms with Gasteiger partial charge in [0.15, 0.2) is 0 Å². The van der Waals surface area contributed by atoms with E-state index in [1.54, 1.807) is 0 Å². The largest absolute Gasteiger partial charge is 0.445 e. The van der Waals surface area contributed by atoms with Crippen molar-refractivity contribution >= 4 is 12.0 Å². The summed E-state index contributed by atoms with van der Waals surface area (Å²) >= 11 is 0. The molecule has 1 saturated heterocycles. The molecular weight excluding hydrogens is 316 g/mol. The fraction of sp³-hybridized carbons (Fsp3) is 0.500. The van der Waals surface area contributed by atoms with Crippen LogP contribution in [0.2, 0.25) is 0 Å². The number of nitrogens with one attached hydrogen (secondary N) is 1. The monoisotopic (exact) mass is 340 g/mol. The third-order valence-electron chi connectivity index (χ3n) is 5.66. The number of hydrogen-bond acceptors (Lipinski definition) is 3. The molecule has 2 aliphatic carbocycles. The van der Waals surface area contributed by atoms with Gasteiger partial charge in [0, 0.05) is 13.1 Å². The van der Waals surface area contributed by atoms with Gasteiger partial charge in [-0.05, 0) is 36.7 Å². The van der Waals surface area contributed by atoms with Crippen LogP contribution in [0.5, 0.6) is 0 Å². The first-order valence-corrected chi connectivity index (χ1v) is 9.17. The minimum atomic E-state index is -0.436. The highest BCUT2D eigenvalue weighted by atomic mass is 16.5. The van der Waals surface area contributed by atoms with Crippen molar-refractivity contribution < 1.29 is 14.3 Å². The highest BCUT2D eigenvalue weighted by Gasteiger charge is 2.50. The summed E-state index contributed by atoms with van der Waals surface area (Å²) in [6, 6.07) is 9.47. The molecule has 25 heavy (non-hydrogen) atoms. The number of ether oxygens (including phenoxy) is 1.